The van der Waals surface area contributed by atoms with Crippen LogP contribution in [0.4, 0.5) is 0 Å². The molecule has 1 aliphatic carbocycles. The second-order valence-electron chi connectivity index (χ2n) is 4.38. The Hall–Kier alpha value is -0.0200. The van der Waals surface area contributed by atoms with Crippen LogP contribution in [0, 0.1) is 12.8 Å². The fraction of sp³-hybridized carbons (Fsp3) is 0.727. The van der Waals surface area contributed by atoms with Crippen molar-refractivity contribution in [3.05, 3.63) is 16.4 Å². The zero-order valence-corrected chi connectivity index (χ0v) is 11.5. The zero-order valence-electron chi connectivity index (χ0n) is 9.13. The third-order valence-corrected chi connectivity index (χ3v) is 4.98. The van der Waals surface area contributed by atoms with Gasteiger partial charge in [-0.1, -0.05) is 34.0 Å². The van der Waals surface area contributed by atoms with Crippen molar-refractivity contribution >= 4 is 27.5 Å². The zero-order chi connectivity index (χ0) is 11.0. The molecule has 0 amide bonds. The van der Waals surface area contributed by atoms with Crippen LogP contribution < -0.4 is 0 Å². The fourth-order valence-corrected chi connectivity index (χ4v) is 3.38. The van der Waals surface area contributed by atoms with Crippen molar-refractivity contribution in [1.29, 1.82) is 0 Å². The lowest BCUT2D eigenvalue weighted by atomic mass is 10.0. The minimum atomic E-state index is 0.656. The van der Waals surface area contributed by atoms with Gasteiger partial charge in [-0.05, 0) is 32.1 Å². The van der Waals surface area contributed by atoms with Crippen molar-refractivity contribution in [2.75, 3.05) is 0 Å². The highest BCUT2D eigenvalue weighted by atomic mass is 79.9. The number of alkyl halides is 1. The summed E-state index contributed by atoms with van der Waals surface area (Å²) in [7, 11) is 1.98. The maximum absolute atomic E-state index is 6.24. The van der Waals surface area contributed by atoms with E-state index in [-0.39, 0.29) is 0 Å². The summed E-state index contributed by atoms with van der Waals surface area (Å²) in [5, 5.41) is 5.20. The molecule has 0 bridgehead atoms. The first-order valence-electron chi connectivity index (χ1n) is 5.41. The number of halogens is 2. The molecule has 1 aromatic rings. The smallest absolute Gasteiger partial charge is 0.0847 e. The molecule has 0 saturated heterocycles. The molecule has 2 unspecified atom stereocenters. The molecular weight excluding hydrogens is 275 g/mol. The Labute approximate surface area is 104 Å². The van der Waals surface area contributed by atoms with Crippen LogP contribution in [0.15, 0.2) is 0 Å². The fourth-order valence-electron chi connectivity index (χ4n) is 2.37. The van der Waals surface area contributed by atoms with Crippen molar-refractivity contribution < 1.29 is 0 Å². The van der Waals surface area contributed by atoms with E-state index < -0.39 is 0 Å². The number of rotatable bonds is 2. The van der Waals surface area contributed by atoms with Gasteiger partial charge in [0.2, 0.25) is 0 Å². The first-order valence-corrected chi connectivity index (χ1v) is 6.71. The summed E-state index contributed by atoms with van der Waals surface area (Å²) >= 11 is 9.99. The number of nitrogens with zero attached hydrogens (tertiary/aromatic N) is 2. The predicted molar refractivity (Wildman–Crippen MR) is 66.7 cm³/mol. The summed E-state index contributed by atoms with van der Waals surface area (Å²) < 4.78 is 1.93. The van der Waals surface area contributed by atoms with Gasteiger partial charge in [0.05, 0.1) is 16.4 Å². The van der Waals surface area contributed by atoms with E-state index in [2.05, 4.69) is 21.0 Å². The molecule has 0 aliphatic heterocycles. The van der Waals surface area contributed by atoms with Gasteiger partial charge in [0.1, 0.15) is 0 Å². The number of hydrogen-bond acceptors (Lipinski definition) is 1. The SMILES string of the molecule is Cc1nn(C)c(CC2CCCC2Br)c1Cl. The van der Waals surface area contributed by atoms with Crippen molar-refractivity contribution in [2.24, 2.45) is 13.0 Å². The average molecular weight is 292 g/mol. The second-order valence-corrected chi connectivity index (χ2v) is 5.93. The summed E-state index contributed by atoms with van der Waals surface area (Å²) in [6.45, 7) is 1.96. The van der Waals surface area contributed by atoms with Gasteiger partial charge in [0.25, 0.3) is 0 Å². The third-order valence-electron chi connectivity index (χ3n) is 3.28. The Bertz CT molecular complexity index is 362. The summed E-state index contributed by atoms with van der Waals surface area (Å²) in [5.41, 5.74) is 2.13. The normalized spacial score (nSPS) is 26.1. The topological polar surface area (TPSA) is 17.8 Å². The minimum absolute atomic E-state index is 0.656. The van der Waals surface area contributed by atoms with E-state index in [0.29, 0.717) is 4.83 Å². The summed E-state index contributed by atoms with van der Waals surface area (Å²) in [6, 6.07) is 0. The first kappa shape index (κ1) is 11.5. The van der Waals surface area contributed by atoms with E-state index >= 15 is 0 Å². The Kier molecular flexibility index (Phi) is 3.41. The van der Waals surface area contributed by atoms with Crippen LogP contribution in [-0.2, 0) is 13.5 Å². The quantitative estimate of drug-likeness (QED) is 0.763. The van der Waals surface area contributed by atoms with E-state index in [1.54, 1.807) is 0 Å². The van der Waals surface area contributed by atoms with Gasteiger partial charge in [-0.3, -0.25) is 4.68 Å². The molecule has 0 N–H and O–H groups in total. The molecule has 2 rings (SSSR count). The molecular formula is C11H16BrClN2. The molecule has 84 valence electrons. The minimum Gasteiger partial charge on any atom is -0.271 e. The lowest BCUT2D eigenvalue weighted by Crippen LogP contribution is -2.12. The van der Waals surface area contributed by atoms with E-state index in [0.717, 1.165) is 23.1 Å². The highest BCUT2D eigenvalue weighted by Gasteiger charge is 2.27. The van der Waals surface area contributed by atoms with Gasteiger partial charge >= 0.3 is 0 Å². The largest absolute Gasteiger partial charge is 0.271 e. The van der Waals surface area contributed by atoms with Gasteiger partial charge in [-0.25, -0.2) is 0 Å². The molecule has 1 fully saturated rings. The lowest BCUT2D eigenvalue weighted by Gasteiger charge is -2.13. The van der Waals surface area contributed by atoms with Gasteiger partial charge in [0, 0.05) is 11.9 Å². The molecule has 15 heavy (non-hydrogen) atoms. The van der Waals surface area contributed by atoms with Gasteiger partial charge in [-0.15, -0.1) is 0 Å². The van der Waals surface area contributed by atoms with Crippen molar-refractivity contribution in [1.82, 2.24) is 9.78 Å². The summed E-state index contributed by atoms with van der Waals surface area (Å²) in [5.74, 6) is 0.720. The molecule has 2 nitrogen and oxygen atoms in total. The molecule has 1 saturated carbocycles. The van der Waals surface area contributed by atoms with E-state index in [9.17, 15) is 0 Å². The van der Waals surface area contributed by atoms with Crippen LogP contribution in [0.3, 0.4) is 0 Å². The van der Waals surface area contributed by atoms with Gasteiger partial charge in [0.15, 0.2) is 0 Å². The van der Waals surface area contributed by atoms with Crippen LogP contribution in [0.2, 0.25) is 5.02 Å². The molecule has 4 heteroatoms. The van der Waals surface area contributed by atoms with Crippen LogP contribution in [0.25, 0.3) is 0 Å². The van der Waals surface area contributed by atoms with Crippen molar-refractivity contribution in [3.63, 3.8) is 0 Å². The van der Waals surface area contributed by atoms with Crippen LogP contribution in [-0.4, -0.2) is 14.6 Å². The summed E-state index contributed by atoms with van der Waals surface area (Å²) in [4.78, 5) is 0.656. The molecule has 1 aliphatic rings. The van der Waals surface area contributed by atoms with Crippen molar-refractivity contribution in [3.8, 4) is 0 Å². The standard InChI is InChI=1S/C11H16BrClN2/c1-7-11(13)10(15(2)14-7)6-8-4-3-5-9(8)12/h8-9H,3-6H2,1-2H3. The monoisotopic (exact) mass is 290 g/mol. The highest BCUT2D eigenvalue weighted by molar-refractivity contribution is 9.09. The molecule has 1 aromatic heterocycles. The third kappa shape index (κ3) is 2.23. The van der Waals surface area contributed by atoms with Crippen LogP contribution >= 0.6 is 27.5 Å². The Balaban J connectivity index is 2.16. The number of aryl methyl sites for hydroxylation is 2. The van der Waals surface area contributed by atoms with Gasteiger partial charge < -0.3 is 0 Å². The molecule has 0 spiro atoms. The second kappa shape index (κ2) is 4.46. The molecule has 2 atom stereocenters. The molecule has 1 heterocycles. The first-order chi connectivity index (χ1) is 7.09. The Morgan fingerprint density at radius 2 is 2.27 bits per heavy atom. The van der Waals surface area contributed by atoms with E-state index in [4.69, 9.17) is 11.6 Å². The molecule has 0 aromatic carbocycles. The lowest BCUT2D eigenvalue weighted by molar-refractivity contribution is 0.534. The average Bonchev–Trinajstić information content (AvgIpc) is 2.67. The Morgan fingerprint density at radius 3 is 2.73 bits per heavy atom. The van der Waals surface area contributed by atoms with Crippen LogP contribution in [0.1, 0.15) is 30.7 Å². The Morgan fingerprint density at radius 1 is 1.53 bits per heavy atom. The van der Waals surface area contributed by atoms with Crippen molar-refractivity contribution in [2.45, 2.75) is 37.4 Å². The van der Waals surface area contributed by atoms with Gasteiger partial charge in [-0.2, -0.15) is 5.10 Å². The predicted octanol–water partition coefficient (Wildman–Crippen LogP) is 3.49. The van der Waals surface area contributed by atoms with E-state index in [1.807, 2.05) is 18.7 Å². The maximum Gasteiger partial charge on any atom is 0.0847 e. The van der Waals surface area contributed by atoms with E-state index in [1.165, 1.54) is 25.0 Å². The molecule has 0 radical (unpaired) electrons. The summed E-state index contributed by atoms with van der Waals surface area (Å²) in [6.07, 6.45) is 4.97. The maximum atomic E-state index is 6.24. The number of aromatic nitrogens is 2. The van der Waals surface area contributed by atoms with Crippen LogP contribution in [0.5, 0.6) is 0 Å². The number of hydrogen-bond donors (Lipinski definition) is 0. The highest BCUT2D eigenvalue weighted by Crippen LogP contribution is 2.35.